The third-order valence-corrected chi connectivity index (χ3v) is 14.3. The maximum Gasteiger partial charge on any atom is 0.121 e. The van der Waals surface area contributed by atoms with E-state index in [-0.39, 0.29) is 0 Å². The number of rotatable bonds is 3. The van der Waals surface area contributed by atoms with Crippen LogP contribution in [0.3, 0.4) is 0 Å². The molecule has 0 fully saturated rings. The number of anilines is 1. The highest BCUT2D eigenvalue weighted by Gasteiger charge is 2.21. The number of fused-ring (bicyclic) bond motifs is 3. The number of allylic oxidation sites excluding steroid dienone is 97. The SMILES string of the molecule is Nc1cccc2c1N=C1C=C(OCc3ccccc3)/C=C/C/C=C/C=C/C=C/C=C/C=C/C=C/C=C/C=C/C=C/C=C\C=C/C=C/C=C/C=C\C=C/C=C/C=C/C=C/C=C/C=C/C=C/C=CC=C/C=C/C=C/C=C/C=C/C=C/C=C/C=C\C=C/C=C/C=C/C=C/C=C\C=C/C=C/C=C/C=C/C=C/C=C/C=C/C=C/C=C/C=C/C=C/C=C12. The van der Waals surface area contributed by atoms with E-state index in [9.17, 15) is 0 Å². The lowest BCUT2D eigenvalue weighted by Crippen LogP contribution is -1.98. The summed E-state index contributed by atoms with van der Waals surface area (Å²) in [6.07, 6.45) is 193. The van der Waals surface area contributed by atoms with Gasteiger partial charge in [0.2, 0.25) is 0 Å². The Bertz CT molecular complexity index is 4810. The van der Waals surface area contributed by atoms with E-state index in [1.165, 1.54) is 0 Å². The summed E-state index contributed by atoms with van der Waals surface area (Å²) in [6.45, 7) is 0.416. The van der Waals surface area contributed by atoms with Crippen molar-refractivity contribution in [2.45, 2.75) is 13.0 Å². The largest absolute Gasteiger partial charge is 0.489 e. The van der Waals surface area contributed by atoms with Crippen LogP contribution in [0.4, 0.5) is 11.4 Å². The molecular formula is C113H110N2O. The number of para-hydroxylation sites is 1. The molecule has 0 aromatic heterocycles. The third kappa shape index (κ3) is 58.9. The maximum absolute atomic E-state index is 6.46. The molecular weight excluding hydrogens is 1400 g/mol. The van der Waals surface area contributed by atoms with Gasteiger partial charge in [0.25, 0.3) is 0 Å². The summed E-state index contributed by atoms with van der Waals surface area (Å²) in [5, 5.41) is 0. The van der Waals surface area contributed by atoms with Gasteiger partial charge in [0.15, 0.2) is 0 Å². The topological polar surface area (TPSA) is 47.6 Å². The van der Waals surface area contributed by atoms with Crippen molar-refractivity contribution in [1.82, 2.24) is 0 Å². The summed E-state index contributed by atoms with van der Waals surface area (Å²) in [7, 11) is 0. The van der Waals surface area contributed by atoms with Crippen LogP contribution in [-0.4, -0.2) is 5.71 Å². The molecule has 2 aromatic carbocycles. The van der Waals surface area contributed by atoms with E-state index in [0.29, 0.717) is 24.5 Å². The maximum atomic E-state index is 6.46. The van der Waals surface area contributed by atoms with Gasteiger partial charge in [-0.1, -0.05) is 614 Å². The molecule has 1 heterocycles. The third-order valence-electron chi connectivity index (χ3n) is 14.3. The molecule has 0 bridgehead atoms. The second-order valence-electron chi connectivity index (χ2n) is 23.5. The number of hydrogen-bond acceptors (Lipinski definition) is 3. The van der Waals surface area contributed by atoms with Crippen LogP contribution in [0.25, 0.3) is 5.57 Å². The van der Waals surface area contributed by atoms with Crippen LogP contribution in [0.1, 0.15) is 17.5 Å². The van der Waals surface area contributed by atoms with Gasteiger partial charge in [-0.15, -0.1) is 0 Å². The average Bonchev–Trinajstić information content (AvgIpc) is 1.64. The van der Waals surface area contributed by atoms with Gasteiger partial charge < -0.3 is 10.5 Å². The summed E-state index contributed by atoms with van der Waals surface area (Å²) in [6, 6.07) is 16.0. The van der Waals surface area contributed by atoms with Crippen LogP contribution in [0.2, 0.25) is 0 Å². The van der Waals surface area contributed by atoms with E-state index in [1.807, 2.05) is 595 Å². The number of benzene rings is 2. The monoisotopic (exact) mass is 1510 g/mol. The summed E-state index contributed by atoms with van der Waals surface area (Å²) >= 11 is 0. The van der Waals surface area contributed by atoms with Crippen molar-refractivity contribution in [3.63, 3.8) is 0 Å². The molecule has 0 saturated carbocycles. The van der Waals surface area contributed by atoms with Gasteiger partial charge in [-0.25, -0.2) is 4.99 Å². The van der Waals surface area contributed by atoms with Crippen LogP contribution >= 0.6 is 0 Å². The summed E-state index contributed by atoms with van der Waals surface area (Å²) in [5.41, 5.74) is 11.6. The van der Waals surface area contributed by atoms with Crippen LogP contribution in [0.5, 0.6) is 0 Å². The number of hydrogen-bond donors (Lipinski definition) is 1. The smallest absolute Gasteiger partial charge is 0.121 e. The van der Waals surface area contributed by atoms with Gasteiger partial charge in [0.1, 0.15) is 12.4 Å². The molecule has 0 saturated heterocycles. The molecule has 3 nitrogen and oxygen atoms in total. The molecule has 0 atom stereocenters. The predicted molar refractivity (Wildman–Crippen MR) is 519 cm³/mol. The molecule has 116 heavy (non-hydrogen) atoms. The number of nitrogens with zero attached hydrogens (tertiary/aromatic N) is 1. The van der Waals surface area contributed by atoms with Crippen LogP contribution < -0.4 is 5.73 Å². The van der Waals surface area contributed by atoms with E-state index < -0.39 is 0 Å². The fourth-order valence-electron chi connectivity index (χ4n) is 8.80. The Kier molecular flexibility index (Phi) is 60.7. The Morgan fingerprint density at radius 2 is 0.440 bits per heavy atom. The Hall–Kier alpha value is -15.0. The van der Waals surface area contributed by atoms with E-state index in [4.69, 9.17) is 15.5 Å². The molecule has 0 amide bonds. The highest BCUT2D eigenvalue weighted by atomic mass is 16.5. The van der Waals surface area contributed by atoms with E-state index >= 15 is 0 Å². The van der Waals surface area contributed by atoms with Gasteiger partial charge >= 0.3 is 0 Å². The van der Waals surface area contributed by atoms with Gasteiger partial charge in [-0.3, -0.25) is 0 Å². The lowest BCUT2D eigenvalue weighted by atomic mass is 10.0. The average molecular weight is 1510 g/mol. The fourth-order valence-corrected chi connectivity index (χ4v) is 8.80. The Labute approximate surface area is 695 Å². The minimum atomic E-state index is 0.416. The van der Waals surface area contributed by atoms with E-state index in [0.717, 1.165) is 28.1 Å². The lowest BCUT2D eigenvalue weighted by Gasteiger charge is -2.08. The molecule has 1 aliphatic carbocycles. The first kappa shape index (κ1) is 93.4. The standard InChI is InChI=1S/C113H110N2O/c114-111-104-98-103-110-109-102-97-92-90-88-86-84-82-80-78-76-74-72-70-68-66-64-62-60-58-56-54-52-50-48-46-44-42-40-38-36-34-32-30-28-26-24-22-20-18-16-14-12-10-8-6-4-2-1-3-5-7-9-11-13-15-17-19-21-23-25-27-29-31-33-35-37-39-41-43-45-47-49-51-53-55-57-59-61-63-65-67-69-71-73-75-77-79-81-83-85-87-89-91-96-101-108(105-112(109)115-113(110)111)116-106-107-99-94-93-95-100-107/h1-90,92-105H,91,106,114H2/b2-1?,5-3?,6-4+,9-7+,10-8+,13-11+,14-12+,17-15+,18-16+,21-19+,22-20+,25-23+,26-24+,29-27+,30-28-,33-31-,34-32-,37-35-,38-36+,41-39+,42-40+,45-43+,46-44+,49-47-,50-48-,53-51-,54-52-,57-55+,58-56+,61-59+,62-60+,65-63+,66-64+,69-67+,70-68+,73-71+,74-72+,77-75+,78-76+,81-79+,82-80+,85-83+,86-84+,89-87+,90-88+,97-92+,101-96+,108-105?,109-102?. The zero-order chi connectivity index (χ0) is 81.4. The van der Waals surface area contributed by atoms with Gasteiger partial charge in [0, 0.05) is 17.2 Å². The van der Waals surface area contributed by atoms with Crippen LogP contribution in [-0.2, 0) is 11.3 Å². The van der Waals surface area contributed by atoms with Gasteiger partial charge in [0.05, 0.1) is 17.1 Å². The minimum Gasteiger partial charge on any atom is -0.489 e. The zero-order valence-corrected chi connectivity index (χ0v) is 66.4. The molecule has 2 aromatic rings. The van der Waals surface area contributed by atoms with Crippen molar-refractivity contribution in [1.29, 1.82) is 0 Å². The quantitative estimate of drug-likeness (QED) is 0.311. The minimum absolute atomic E-state index is 0.416. The lowest BCUT2D eigenvalue weighted by molar-refractivity contribution is 0.211. The van der Waals surface area contributed by atoms with E-state index in [2.05, 4.69) is 36.4 Å². The second-order valence-corrected chi connectivity index (χ2v) is 23.5. The first-order valence-corrected chi connectivity index (χ1v) is 38.7. The Morgan fingerprint density at radius 3 is 0.672 bits per heavy atom. The molecule has 2 N–H and O–H groups in total. The predicted octanol–water partition coefficient (Wildman–Crippen LogP) is 30.4. The number of nitrogens with two attached hydrogens (primary N) is 1. The van der Waals surface area contributed by atoms with Crippen molar-refractivity contribution >= 4 is 22.7 Å². The first-order valence-electron chi connectivity index (χ1n) is 38.7. The van der Waals surface area contributed by atoms with Crippen molar-refractivity contribution in [3.05, 3.63) is 649 Å². The first-order chi connectivity index (χ1) is 57.8. The number of ether oxygens (including phenoxy) is 1. The summed E-state index contributed by atoms with van der Waals surface area (Å²) in [4.78, 5) is 5.00. The van der Waals surface area contributed by atoms with Crippen molar-refractivity contribution in [2.75, 3.05) is 5.73 Å². The van der Waals surface area contributed by atoms with Crippen LogP contribution in [0.15, 0.2) is 643 Å². The molecule has 3 heteroatoms. The Balaban J connectivity index is 1.28. The molecule has 4 rings (SSSR count). The molecule has 578 valence electrons. The molecule has 0 unspecified atom stereocenters. The van der Waals surface area contributed by atoms with Crippen LogP contribution in [0, 0.1) is 0 Å². The fraction of sp³-hybridized carbons (Fsp3) is 0.0177. The molecule has 1 aliphatic heterocycles. The number of nitrogen functional groups attached to an aromatic ring is 1. The second kappa shape index (κ2) is 75.4. The zero-order valence-electron chi connectivity index (χ0n) is 66.4. The Morgan fingerprint density at radius 1 is 0.224 bits per heavy atom. The van der Waals surface area contributed by atoms with E-state index in [1.54, 1.807) is 0 Å². The van der Waals surface area contributed by atoms with Crippen molar-refractivity contribution in [2.24, 2.45) is 4.99 Å². The highest BCUT2D eigenvalue weighted by Crippen LogP contribution is 2.40. The van der Waals surface area contributed by atoms with Gasteiger partial charge in [-0.2, -0.15) is 0 Å². The normalized spacial score (nSPS) is 28.3. The molecule has 0 radical (unpaired) electrons. The van der Waals surface area contributed by atoms with Crippen molar-refractivity contribution < 1.29 is 4.74 Å². The molecule has 2 aliphatic rings. The number of aliphatic imine (C=N–C) groups is 1. The summed E-state index contributed by atoms with van der Waals surface area (Å²) < 4.78 is 6.42. The summed E-state index contributed by atoms with van der Waals surface area (Å²) in [5.74, 6) is 0.693. The molecule has 0 spiro atoms. The van der Waals surface area contributed by atoms with Gasteiger partial charge in [-0.05, 0) is 24.1 Å². The highest BCUT2D eigenvalue weighted by molar-refractivity contribution is 6.34. The van der Waals surface area contributed by atoms with Crippen molar-refractivity contribution in [3.8, 4) is 0 Å².